The van der Waals surface area contributed by atoms with Crippen LogP contribution in [0.15, 0.2) is 29.6 Å². The molecule has 4 heterocycles. The number of fused-ring (bicyclic) bond motifs is 2. The van der Waals surface area contributed by atoms with E-state index in [2.05, 4.69) is 6.07 Å². The maximum absolute atomic E-state index is 13.5. The van der Waals surface area contributed by atoms with Crippen molar-refractivity contribution in [3.63, 3.8) is 0 Å². The summed E-state index contributed by atoms with van der Waals surface area (Å²) < 4.78 is 16.9. The zero-order valence-corrected chi connectivity index (χ0v) is 19.4. The second kappa shape index (κ2) is 8.60. The predicted octanol–water partition coefficient (Wildman–Crippen LogP) is 4.22. The van der Waals surface area contributed by atoms with Crippen LogP contribution in [-0.2, 0) is 11.3 Å². The Bertz CT molecular complexity index is 1150. The molecule has 0 N–H and O–H groups in total. The first-order chi connectivity index (χ1) is 15.5. The molecule has 5 rings (SSSR count). The minimum Gasteiger partial charge on any atom is -0.454 e. The molecule has 2 aliphatic heterocycles. The summed E-state index contributed by atoms with van der Waals surface area (Å²) in [6.45, 7) is 4.00. The molecule has 1 aromatic carbocycles. The molecule has 32 heavy (non-hydrogen) atoms. The third kappa shape index (κ3) is 4.00. The highest BCUT2D eigenvalue weighted by atomic mass is 32.1. The third-order valence-corrected chi connectivity index (χ3v) is 6.95. The average Bonchev–Trinajstić information content (AvgIpc) is 3.52. The van der Waals surface area contributed by atoms with Gasteiger partial charge in [-0.25, -0.2) is 4.98 Å². The zero-order valence-electron chi connectivity index (χ0n) is 18.6. The van der Waals surface area contributed by atoms with Gasteiger partial charge >= 0.3 is 0 Å². The van der Waals surface area contributed by atoms with Gasteiger partial charge in [-0.15, -0.1) is 11.3 Å². The van der Waals surface area contributed by atoms with E-state index in [1.54, 1.807) is 0 Å². The smallest absolute Gasteiger partial charge is 0.264 e. The number of anilines is 1. The molecule has 0 radical (unpaired) electrons. The molecule has 0 spiro atoms. The van der Waals surface area contributed by atoms with Crippen molar-refractivity contribution in [1.82, 2.24) is 9.88 Å². The summed E-state index contributed by atoms with van der Waals surface area (Å²) in [4.78, 5) is 23.1. The van der Waals surface area contributed by atoms with Crippen LogP contribution in [0.25, 0.3) is 10.9 Å². The molecule has 3 aromatic rings. The Morgan fingerprint density at radius 3 is 2.72 bits per heavy atom. The van der Waals surface area contributed by atoms with Crippen LogP contribution in [-0.4, -0.2) is 55.9 Å². The molecule has 1 saturated heterocycles. The van der Waals surface area contributed by atoms with Gasteiger partial charge in [0.15, 0.2) is 11.5 Å². The number of nitrogens with zero attached hydrogens (tertiary/aromatic N) is 3. The van der Waals surface area contributed by atoms with Crippen molar-refractivity contribution in [2.45, 2.75) is 32.4 Å². The van der Waals surface area contributed by atoms with Crippen LogP contribution < -0.4 is 14.4 Å². The van der Waals surface area contributed by atoms with E-state index in [1.807, 2.05) is 54.4 Å². The van der Waals surface area contributed by atoms with Gasteiger partial charge in [0.05, 0.1) is 16.5 Å². The quantitative estimate of drug-likeness (QED) is 0.557. The topological polar surface area (TPSA) is 64.1 Å². The highest BCUT2D eigenvalue weighted by Gasteiger charge is 2.27. The van der Waals surface area contributed by atoms with E-state index >= 15 is 0 Å². The number of rotatable bonds is 6. The fourth-order valence-corrected chi connectivity index (χ4v) is 5.19. The number of hydrogen-bond acceptors (Lipinski definition) is 7. The summed E-state index contributed by atoms with van der Waals surface area (Å²) in [5, 5.41) is 2.94. The van der Waals surface area contributed by atoms with Crippen LogP contribution in [0.1, 0.15) is 33.6 Å². The predicted molar refractivity (Wildman–Crippen MR) is 125 cm³/mol. The van der Waals surface area contributed by atoms with Gasteiger partial charge in [0.1, 0.15) is 5.82 Å². The van der Waals surface area contributed by atoms with Gasteiger partial charge in [-0.1, -0.05) is 0 Å². The lowest BCUT2D eigenvalue weighted by Gasteiger charge is -2.27. The Balaban J connectivity index is 1.53. The van der Waals surface area contributed by atoms with Gasteiger partial charge in [-0.3, -0.25) is 4.79 Å². The summed E-state index contributed by atoms with van der Waals surface area (Å²) in [6, 6.07) is 7.98. The number of benzene rings is 1. The minimum atomic E-state index is 0.0449. The van der Waals surface area contributed by atoms with Crippen LogP contribution in [0.3, 0.4) is 0 Å². The highest BCUT2D eigenvalue weighted by molar-refractivity contribution is 7.12. The van der Waals surface area contributed by atoms with Gasteiger partial charge in [0, 0.05) is 50.8 Å². The monoisotopic (exact) mass is 453 g/mol. The van der Waals surface area contributed by atoms with Crippen molar-refractivity contribution in [3.8, 4) is 11.5 Å². The van der Waals surface area contributed by atoms with Crippen LogP contribution >= 0.6 is 11.3 Å². The summed E-state index contributed by atoms with van der Waals surface area (Å²) in [5.41, 5.74) is 2.84. The number of thiophene rings is 1. The molecular formula is C24H27N3O4S. The van der Waals surface area contributed by atoms with E-state index in [1.165, 1.54) is 11.3 Å². The van der Waals surface area contributed by atoms with Gasteiger partial charge in [-0.05, 0) is 48.9 Å². The summed E-state index contributed by atoms with van der Waals surface area (Å²) in [5.74, 6) is 2.32. The van der Waals surface area contributed by atoms with E-state index in [9.17, 15) is 4.79 Å². The van der Waals surface area contributed by atoms with E-state index in [0.29, 0.717) is 18.8 Å². The second-order valence-electron chi connectivity index (χ2n) is 8.52. The number of hydrogen-bond donors (Lipinski definition) is 0. The van der Waals surface area contributed by atoms with Crippen LogP contribution in [0.4, 0.5) is 5.82 Å². The molecule has 1 amide bonds. The number of carbonyl (C=O) groups excluding carboxylic acids is 1. The van der Waals surface area contributed by atoms with Crippen molar-refractivity contribution in [2.24, 2.45) is 0 Å². The third-order valence-electron chi connectivity index (χ3n) is 5.94. The molecule has 1 atom stereocenters. The first-order valence-electron chi connectivity index (χ1n) is 10.8. The number of pyridine rings is 1. The minimum absolute atomic E-state index is 0.0449. The van der Waals surface area contributed by atoms with Crippen molar-refractivity contribution >= 4 is 34.0 Å². The molecule has 1 unspecified atom stereocenters. The van der Waals surface area contributed by atoms with Crippen molar-refractivity contribution < 1.29 is 19.0 Å². The number of ether oxygens (including phenoxy) is 3. The van der Waals surface area contributed by atoms with Gasteiger partial charge in [-0.2, -0.15) is 0 Å². The Labute approximate surface area is 191 Å². The van der Waals surface area contributed by atoms with Crippen LogP contribution in [0.5, 0.6) is 11.5 Å². The summed E-state index contributed by atoms with van der Waals surface area (Å²) >= 11 is 1.49. The van der Waals surface area contributed by atoms with E-state index < -0.39 is 0 Å². The Morgan fingerprint density at radius 2 is 2.03 bits per heavy atom. The van der Waals surface area contributed by atoms with Crippen molar-refractivity contribution in [1.29, 1.82) is 0 Å². The molecule has 8 heteroatoms. The molecular weight excluding hydrogens is 426 g/mol. The van der Waals surface area contributed by atoms with Gasteiger partial charge in [0.2, 0.25) is 6.79 Å². The molecule has 0 saturated carbocycles. The van der Waals surface area contributed by atoms with Crippen LogP contribution in [0.2, 0.25) is 0 Å². The fraction of sp³-hybridized carbons (Fsp3) is 0.417. The molecule has 1 fully saturated rings. The standard InChI is InChI=1S/C24H27N3O4S/c1-15-6-8-32-22(15)24(28)27(13-18-5-4-7-29-18)12-17-9-16-10-20-21(31-14-30-20)11-19(16)25-23(17)26(2)3/h6,8-11,18H,4-5,7,12-14H2,1-3H3. The molecule has 7 nitrogen and oxygen atoms in total. The maximum atomic E-state index is 13.5. The largest absolute Gasteiger partial charge is 0.454 e. The van der Waals surface area contributed by atoms with Crippen LogP contribution in [0, 0.1) is 6.92 Å². The molecule has 168 valence electrons. The molecule has 0 aliphatic carbocycles. The average molecular weight is 454 g/mol. The Morgan fingerprint density at radius 1 is 1.22 bits per heavy atom. The first kappa shape index (κ1) is 21.0. The highest BCUT2D eigenvalue weighted by Crippen LogP contribution is 2.37. The normalized spacial score (nSPS) is 17.2. The van der Waals surface area contributed by atoms with E-state index in [0.717, 1.165) is 57.9 Å². The molecule has 0 bridgehead atoms. The lowest BCUT2D eigenvalue weighted by Crippen LogP contribution is -2.37. The lowest BCUT2D eigenvalue weighted by atomic mass is 10.1. The SMILES string of the molecule is Cc1ccsc1C(=O)N(Cc1cc2cc3c(cc2nc1N(C)C)OCO3)CC1CCCO1. The summed E-state index contributed by atoms with van der Waals surface area (Å²) in [7, 11) is 3.95. The van der Waals surface area contributed by atoms with E-state index in [4.69, 9.17) is 19.2 Å². The van der Waals surface area contributed by atoms with E-state index in [-0.39, 0.29) is 18.8 Å². The number of amides is 1. The number of aromatic nitrogens is 1. The van der Waals surface area contributed by atoms with Gasteiger partial charge in [0.25, 0.3) is 5.91 Å². The lowest BCUT2D eigenvalue weighted by molar-refractivity contribution is 0.0510. The second-order valence-corrected chi connectivity index (χ2v) is 9.43. The fourth-order valence-electron chi connectivity index (χ4n) is 4.30. The van der Waals surface area contributed by atoms with Crippen molar-refractivity contribution in [2.75, 3.05) is 38.9 Å². The Hall–Kier alpha value is -2.84. The maximum Gasteiger partial charge on any atom is 0.264 e. The number of aryl methyl sites for hydroxylation is 1. The first-order valence-corrected chi connectivity index (χ1v) is 11.7. The Kier molecular flexibility index (Phi) is 5.65. The zero-order chi connectivity index (χ0) is 22.2. The summed E-state index contributed by atoms with van der Waals surface area (Å²) in [6.07, 6.45) is 2.09. The van der Waals surface area contributed by atoms with Gasteiger partial charge < -0.3 is 24.0 Å². The molecule has 2 aliphatic rings. The molecule has 2 aromatic heterocycles. The number of carbonyl (C=O) groups is 1. The van der Waals surface area contributed by atoms with Crippen molar-refractivity contribution in [3.05, 3.63) is 45.6 Å².